The molecular weight excluding hydrogens is 297 g/mol. The van der Waals surface area contributed by atoms with E-state index in [4.69, 9.17) is 4.74 Å². The zero-order valence-electron chi connectivity index (χ0n) is 12.6. The van der Waals surface area contributed by atoms with Crippen molar-refractivity contribution in [2.75, 3.05) is 13.7 Å². The van der Waals surface area contributed by atoms with Crippen molar-refractivity contribution >= 4 is 5.97 Å². The maximum absolute atomic E-state index is 12.8. The van der Waals surface area contributed by atoms with E-state index in [1.807, 2.05) is 0 Å². The molecule has 1 fully saturated rings. The van der Waals surface area contributed by atoms with Crippen molar-refractivity contribution in [2.24, 2.45) is 11.8 Å². The molecule has 2 atom stereocenters. The quantitative estimate of drug-likeness (QED) is 0.748. The van der Waals surface area contributed by atoms with Crippen LogP contribution in [0, 0.1) is 11.8 Å². The second-order valence-corrected chi connectivity index (χ2v) is 5.42. The molecule has 1 aromatic carbocycles. The highest BCUT2D eigenvalue weighted by Gasteiger charge is 2.43. The van der Waals surface area contributed by atoms with Crippen molar-refractivity contribution in [3.8, 4) is 5.75 Å². The fourth-order valence-electron chi connectivity index (χ4n) is 2.60. The van der Waals surface area contributed by atoms with Crippen LogP contribution in [0.15, 0.2) is 18.2 Å². The number of methoxy groups -OCH3 is 1. The standard InChI is InChI=1S/C16H19F3O3/c1-3-22-14-7-6-12(16(17,18)19)8-11(14)5-4-10-9-13(10)15(20)21-2/h6-8,10,13H,3-5,9H2,1-2H3. The number of carbonyl (C=O) groups excluding carboxylic acids is 1. The molecule has 0 amide bonds. The Bertz CT molecular complexity index is 540. The van der Waals surface area contributed by atoms with E-state index < -0.39 is 11.7 Å². The number of benzene rings is 1. The molecule has 0 saturated heterocycles. The topological polar surface area (TPSA) is 35.5 Å². The highest BCUT2D eigenvalue weighted by Crippen LogP contribution is 2.43. The van der Waals surface area contributed by atoms with Gasteiger partial charge < -0.3 is 9.47 Å². The molecule has 1 saturated carbocycles. The SMILES string of the molecule is CCOc1ccc(C(F)(F)F)cc1CCC1CC1C(=O)OC. The van der Waals surface area contributed by atoms with Crippen LogP contribution < -0.4 is 4.74 Å². The van der Waals surface area contributed by atoms with Gasteiger partial charge in [0.25, 0.3) is 0 Å². The smallest absolute Gasteiger partial charge is 0.416 e. The lowest BCUT2D eigenvalue weighted by Crippen LogP contribution is -2.08. The van der Waals surface area contributed by atoms with E-state index in [-0.39, 0.29) is 17.8 Å². The number of hydrogen-bond acceptors (Lipinski definition) is 3. The van der Waals surface area contributed by atoms with Crippen LogP contribution in [0.4, 0.5) is 13.2 Å². The Morgan fingerprint density at radius 3 is 2.68 bits per heavy atom. The summed E-state index contributed by atoms with van der Waals surface area (Å²) in [5, 5.41) is 0. The number of rotatable bonds is 6. The maximum atomic E-state index is 12.8. The number of carbonyl (C=O) groups is 1. The predicted octanol–water partition coefficient (Wildman–Crippen LogP) is 3.85. The minimum absolute atomic E-state index is 0.105. The van der Waals surface area contributed by atoms with Gasteiger partial charge in [0.05, 0.1) is 25.2 Å². The molecule has 22 heavy (non-hydrogen) atoms. The summed E-state index contributed by atoms with van der Waals surface area (Å²) in [7, 11) is 1.34. The molecule has 1 aliphatic carbocycles. The van der Waals surface area contributed by atoms with Crippen LogP contribution in [-0.4, -0.2) is 19.7 Å². The fraction of sp³-hybridized carbons (Fsp3) is 0.562. The average molecular weight is 316 g/mol. The predicted molar refractivity (Wildman–Crippen MR) is 74.5 cm³/mol. The van der Waals surface area contributed by atoms with Crippen molar-refractivity contribution in [3.63, 3.8) is 0 Å². The number of halogens is 3. The summed E-state index contributed by atoms with van der Waals surface area (Å²) in [4.78, 5) is 11.4. The van der Waals surface area contributed by atoms with Gasteiger partial charge in [-0.3, -0.25) is 4.79 Å². The molecule has 3 nitrogen and oxygen atoms in total. The Hall–Kier alpha value is -1.72. The number of hydrogen-bond donors (Lipinski definition) is 0. The summed E-state index contributed by atoms with van der Waals surface area (Å²) < 4.78 is 48.5. The summed E-state index contributed by atoms with van der Waals surface area (Å²) in [5.74, 6) is 0.327. The minimum Gasteiger partial charge on any atom is -0.494 e. The van der Waals surface area contributed by atoms with Gasteiger partial charge in [-0.15, -0.1) is 0 Å². The summed E-state index contributed by atoms with van der Waals surface area (Å²) >= 11 is 0. The van der Waals surface area contributed by atoms with Crippen molar-refractivity contribution in [2.45, 2.75) is 32.4 Å². The Morgan fingerprint density at radius 2 is 2.09 bits per heavy atom. The lowest BCUT2D eigenvalue weighted by molar-refractivity contribution is -0.142. The van der Waals surface area contributed by atoms with Gasteiger partial charge in [-0.2, -0.15) is 13.2 Å². The monoisotopic (exact) mass is 316 g/mol. The van der Waals surface area contributed by atoms with Gasteiger partial charge in [-0.1, -0.05) is 0 Å². The normalized spacial score (nSPS) is 20.6. The Morgan fingerprint density at radius 1 is 1.36 bits per heavy atom. The van der Waals surface area contributed by atoms with Gasteiger partial charge in [0.1, 0.15) is 5.75 Å². The van der Waals surface area contributed by atoms with Crippen molar-refractivity contribution in [3.05, 3.63) is 29.3 Å². The van der Waals surface area contributed by atoms with E-state index in [1.54, 1.807) is 6.92 Å². The third-order valence-electron chi connectivity index (χ3n) is 3.90. The molecule has 6 heteroatoms. The van der Waals surface area contributed by atoms with Gasteiger partial charge in [0.15, 0.2) is 0 Å². The number of alkyl halides is 3. The molecule has 0 spiro atoms. The minimum atomic E-state index is -4.37. The highest BCUT2D eigenvalue weighted by atomic mass is 19.4. The average Bonchev–Trinajstić information content (AvgIpc) is 3.24. The first-order chi connectivity index (χ1) is 10.4. The molecule has 0 N–H and O–H groups in total. The van der Waals surface area contributed by atoms with Crippen molar-refractivity contribution < 1.29 is 27.4 Å². The van der Waals surface area contributed by atoms with Crippen molar-refractivity contribution in [1.29, 1.82) is 0 Å². The molecule has 0 aromatic heterocycles. The largest absolute Gasteiger partial charge is 0.494 e. The molecule has 0 heterocycles. The van der Waals surface area contributed by atoms with Crippen LogP contribution in [-0.2, 0) is 22.1 Å². The number of esters is 1. The number of aryl methyl sites for hydroxylation is 1. The fourth-order valence-corrected chi connectivity index (χ4v) is 2.60. The van der Waals surface area contributed by atoms with E-state index in [9.17, 15) is 18.0 Å². The molecule has 0 bridgehead atoms. The van der Waals surface area contributed by atoms with Gasteiger partial charge >= 0.3 is 12.1 Å². The Labute approximate surface area is 127 Å². The molecule has 0 aliphatic heterocycles. The lowest BCUT2D eigenvalue weighted by atomic mass is 10.0. The van der Waals surface area contributed by atoms with E-state index in [0.29, 0.717) is 30.8 Å². The summed E-state index contributed by atoms with van der Waals surface area (Å²) in [6.07, 6.45) is -2.51. The van der Waals surface area contributed by atoms with Crippen LogP contribution in [0.1, 0.15) is 30.9 Å². The van der Waals surface area contributed by atoms with Crippen LogP contribution in [0.25, 0.3) is 0 Å². The van der Waals surface area contributed by atoms with Gasteiger partial charge in [-0.05, 0) is 55.9 Å². The molecule has 2 rings (SSSR count). The molecular formula is C16H19F3O3. The zero-order valence-corrected chi connectivity index (χ0v) is 12.6. The third-order valence-corrected chi connectivity index (χ3v) is 3.90. The van der Waals surface area contributed by atoms with Gasteiger partial charge in [0.2, 0.25) is 0 Å². The van der Waals surface area contributed by atoms with Gasteiger partial charge in [-0.25, -0.2) is 0 Å². The van der Waals surface area contributed by atoms with Crippen LogP contribution in [0.3, 0.4) is 0 Å². The Kier molecular flexibility index (Phi) is 4.98. The van der Waals surface area contributed by atoms with Gasteiger partial charge in [0, 0.05) is 0 Å². The number of ether oxygens (including phenoxy) is 2. The second-order valence-electron chi connectivity index (χ2n) is 5.42. The first-order valence-electron chi connectivity index (χ1n) is 7.27. The highest BCUT2D eigenvalue weighted by molar-refractivity contribution is 5.75. The van der Waals surface area contributed by atoms with E-state index >= 15 is 0 Å². The van der Waals surface area contributed by atoms with Crippen LogP contribution in [0.5, 0.6) is 5.75 Å². The first kappa shape index (κ1) is 16.6. The molecule has 1 aliphatic rings. The van der Waals surface area contributed by atoms with E-state index in [1.165, 1.54) is 13.2 Å². The van der Waals surface area contributed by atoms with Crippen molar-refractivity contribution in [1.82, 2.24) is 0 Å². The lowest BCUT2D eigenvalue weighted by Gasteiger charge is -2.14. The summed E-state index contributed by atoms with van der Waals surface area (Å²) in [5.41, 5.74) is -0.140. The first-order valence-corrected chi connectivity index (χ1v) is 7.27. The third kappa shape index (κ3) is 3.93. The van der Waals surface area contributed by atoms with Crippen LogP contribution in [0.2, 0.25) is 0 Å². The maximum Gasteiger partial charge on any atom is 0.416 e. The zero-order chi connectivity index (χ0) is 16.3. The van der Waals surface area contributed by atoms with E-state index in [0.717, 1.165) is 18.6 Å². The second kappa shape index (κ2) is 6.58. The Balaban J connectivity index is 2.06. The van der Waals surface area contributed by atoms with E-state index in [2.05, 4.69) is 4.74 Å². The summed E-state index contributed by atoms with van der Waals surface area (Å²) in [6, 6.07) is 3.54. The molecule has 1 aromatic rings. The molecule has 0 radical (unpaired) electrons. The van der Waals surface area contributed by atoms with Crippen LogP contribution >= 0.6 is 0 Å². The molecule has 122 valence electrons. The summed E-state index contributed by atoms with van der Waals surface area (Å²) in [6.45, 7) is 2.18. The molecule has 2 unspecified atom stereocenters.